The van der Waals surface area contributed by atoms with E-state index in [-0.39, 0.29) is 52.2 Å². The highest BCUT2D eigenvalue weighted by Crippen LogP contribution is 2.41. The van der Waals surface area contributed by atoms with Crippen LogP contribution in [0.15, 0.2) is 43.0 Å². The SMILES string of the molecule is C=CC[C@@](C)(O)Cc1cc(O)c2c(c1O)C(=O)c1ccccc1C2=O. The first-order valence-corrected chi connectivity index (χ1v) is 7.86. The number of hydrogen-bond acceptors (Lipinski definition) is 5. The van der Waals surface area contributed by atoms with Crippen LogP contribution in [0.3, 0.4) is 0 Å². The molecule has 128 valence electrons. The fourth-order valence-electron chi connectivity index (χ4n) is 3.24. The maximum Gasteiger partial charge on any atom is 0.198 e. The standard InChI is InChI=1S/C20H18O5/c1-3-8-20(2,25)10-11-9-14(21)15-16(17(11)22)19(24)13-7-5-4-6-12(13)18(15)23/h3-7,9,21-22,25H,1,8,10H2,2H3/t20-/m1/s1. The quantitative estimate of drug-likeness (QED) is 0.502. The van der Waals surface area contributed by atoms with E-state index in [9.17, 15) is 24.9 Å². The Morgan fingerprint density at radius 3 is 2.20 bits per heavy atom. The Bertz CT molecular complexity index is 909. The summed E-state index contributed by atoms with van der Waals surface area (Å²) >= 11 is 0. The van der Waals surface area contributed by atoms with Crippen molar-refractivity contribution in [2.75, 3.05) is 0 Å². The third kappa shape index (κ3) is 2.72. The van der Waals surface area contributed by atoms with Crippen molar-refractivity contribution >= 4 is 11.6 Å². The van der Waals surface area contributed by atoms with Gasteiger partial charge in [-0.05, 0) is 19.4 Å². The van der Waals surface area contributed by atoms with Crippen LogP contribution in [0.1, 0.15) is 50.8 Å². The number of aromatic hydroxyl groups is 2. The van der Waals surface area contributed by atoms with Gasteiger partial charge in [0.25, 0.3) is 0 Å². The minimum absolute atomic E-state index is 0.00515. The molecule has 2 aromatic rings. The van der Waals surface area contributed by atoms with Gasteiger partial charge in [-0.25, -0.2) is 0 Å². The highest BCUT2D eigenvalue weighted by atomic mass is 16.3. The van der Waals surface area contributed by atoms with E-state index < -0.39 is 17.2 Å². The van der Waals surface area contributed by atoms with Gasteiger partial charge in [-0.15, -0.1) is 6.58 Å². The molecule has 1 aliphatic rings. The van der Waals surface area contributed by atoms with Crippen molar-refractivity contribution in [3.05, 3.63) is 70.8 Å². The predicted octanol–water partition coefficient (Wildman–Crippen LogP) is 2.74. The second-order valence-corrected chi connectivity index (χ2v) is 6.52. The number of carbonyl (C=O) groups excluding carboxylic acids is 2. The van der Waals surface area contributed by atoms with Crippen molar-refractivity contribution in [2.45, 2.75) is 25.4 Å². The van der Waals surface area contributed by atoms with E-state index in [1.165, 1.54) is 18.2 Å². The number of fused-ring (bicyclic) bond motifs is 2. The molecule has 0 saturated carbocycles. The molecule has 0 amide bonds. The number of aliphatic hydroxyl groups is 1. The molecule has 0 heterocycles. The van der Waals surface area contributed by atoms with E-state index >= 15 is 0 Å². The van der Waals surface area contributed by atoms with Gasteiger partial charge in [0.1, 0.15) is 11.5 Å². The molecule has 0 spiro atoms. The van der Waals surface area contributed by atoms with Crippen molar-refractivity contribution in [2.24, 2.45) is 0 Å². The number of benzene rings is 2. The van der Waals surface area contributed by atoms with Gasteiger partial charge >= 0.3 is 0 Å². The van der Waals surface area contributed by atoms with E-state index in [4.69, 9.17) is 0 Å². The number of ketones is 2. The van der Waals surface area contributed by atoms with Gasteiger partial charge in [0, 0.05) is 23.1 Å². The van der Waals surface area contributed by atoms with Crippen LogP contribution < -0.4 is 0 Å². The van der Waals surface area contributed by atoms with Crippen LogP contribution in [0, 0.1) is 0 Å². The van der Waals surface area contributed by atoms with Crippen molar-refractivity contribution in [1.29, 1.82) is 0 Å². The molecule has 1 aliphatic carbocycles. The molecule has 25 heavy (non-hydrogen) atoms. The van der Waals surface area contributed by atoms with Crippen LogP contribution in [0.5, 0.6) is 11.5 Å². The topological polar surface area (TPSA) is 94.8 Å². The maximum absolute atomic E-state index is 12.8. The van der Waals surface area contributed by atoms with Gasteiger partial charge in [-0.1, -0.05) is 30.3 Å². The Hall–Kier alpha value is -2.92. The molecule has 0 radical (unpaired) electrons. The Balaban J connectivity index is 2.18. The molecule has 0 aromatic heterocycles. The van der Waals surface area contributed by atoms with E-state index in [0.29, 0.717) is 0 Å². The average Bonchev–Trinajstić information content (AvgIpc) is 2.55. The lowest BCUT2D eigenvalue weighted by Gasteiger charge is -2.25. The van der Waals surface area contributed by atoms with Crippen LogP contribution in [0.2, 0.25) is 0 Å². The highest BCUT2D eigenvalue weighted by molar-refractivity contribution is 6.30. The van der Waals surface area contributed by atoms with Gasteiger partial charge in [0.2, 0.25) is 0 Å². The van der Waals surface area contributed by atoms with Gasteiger partial charge in [-0.2, -0.15) is 0 Å². The molecule has 0 aliphatic heterocycles. The third-order valence-electron chi connectivity index (χ3n) is 4.38. The largest absolute Gasteiger partial charge is 0.507 e. The molecule has 0 unspecified atom stereocenters. The van der Waals surface area contributed by atoms with E-state index in [0.717, 1.165) is 0 Å². The second-order valence-electron chi connectivity index (χ2n) is 6.52. The fourth-order valence-corrected chi connectivity index (χ4v) is 3.24. The van der Waals surface area contributed by atoms with Crippen LogP contribution in [-0.4, -0.2) is 32.5 Å². The lowest BCUT2D eigenvalue weighted by Crippen LogP contribution is -2.27. The average molecular weight is 338 g/mol. The minimum Gasteiger partial charge on any atom is -0.507 e. The molecule has 0 saturated heterocycles. The lowest BCUT2D eigenvalue weighted by atomic mass is 9.80. The summed E-state index contributed by atoms with van der Waals surface area (Å²) in [6.45, 7) is 5.14. The summed E-state index contributed by atoms with van der Waals surface area (Å²) < 4.78 is 0. The van der Waals surface area contributed by atoms with E-state index in [2.05, 4.69) is 6.58 Å². The Morgan fingerprint density at radius 2 is 1.64 bits per heavy atom. The van der Waals surface area contributed by atoms with Gasteiger partial charge in [-0.3, -0.25) is 9.59 Å². The molecule has 2 aromatic carbocycles. The predicted molar refractivity (Wildman–Crippen MR) is 92.2 cm³/mol. The van der Waals surface area contributed by atoms with E-state index in [1.807, 2.05) is 0 Å². The Labute approximate surface area is 144 Å². The number of rotatable bonds is 4. The number of carbonyl (C=O) groups is 2. The monoisotopic (exact) mass is 338 g/mol. The molecule has 3 N–H and O–H groups in total. The summed E-state index contributed by atoms with van der Waals surface area (Å²) in [5.74, 6) is -1.80. The van der Waals surface area contributed by atoms with Gasteiger partial charge in [0.15, 0.2) is 11.6 Å². The Kier molecular flexibility index (Phi) is 3.97. The Morgan fingerprint density at radius 1 is 1.08 bits per heavy atom. The van der Waals surface area contributed by atoms with Crippen molar-refractivity contribution in [3.8, 4) is 11.5 Å². The molecule has 5 nitrogen and oxygen atoms in total. The van der Waals surface area contributed by atoms with Crippen molar-refractivity contribution in [1.82, 2.24) is 0 Å². The summed E-state index contributed by atoms with van der Waals surface area (Å²) in [4.78, 5) is 25.4. The summed E-state index contributed by atoms with van der Waals surface area (Å²) in [5, 5.41) is 31.2. The summed E-state index contributed by atoms with van der Waals surface area (Å²) in [6, 6.07) is 7.51. The zero-order valence-corrected chi connectivity index (χ0v) is 13.7. The lowest BCUT2D eigenvalue weighted by molar-refractivity contribution is 0.0629. The van der Waals surface area contributed by atoms with Crippen LogP contribution in [-0.2, 0) is 6.42 Å². The molecule has 1 atom stereocenters. The first kappa shape index (κ1) is 16.9. The number of phenolic OH excluding ortho intramolecular Hbond substituents is 2. The molecule has 0 fully saturated rings. The molecule has 0 bridgehead atoms. The van der Waals surface area contributed by atoms with Crippen molar-refractivity contribution < 1.29 is 24.9 Å². The number of phenols is 2. The molecule has 3 rings (SSSR count). The fraction of sp³-hybridized carbons (Fsp3) is 0.200. The first-order valence-electron chi connectivity index (χ1n) is 7.86. The zero-order chi connectivity index (χ0) is 18.4. The third-order valence-corrected chi connectivity index (χ3v) is 4.38. The zero-order valence-electron chi connectivity index (χ0n) is 13.7. The first-order chi connectivity index (χ1) is 11.8. The van der Waals surface area contributed by atoms with Gasteiger partial charge < -0.3 is 15.3 Å². The van der Waals surface area contributed by atoms with Crippen LogP contribution in [0.25, 0.3) is 0 Å². The van der Waals surface area contributed by atoms with Crippen LogP contribution >= 0.6 is 0 Å². The van der Waals surface area contributed by atoms with Crippen LogP contribution in [0.4, 0.5) is 0 Å². The molecular weight excluding hydrogens is 320 g/mol. The number of hydrogen-bond donors (Lipinski definition) is 3. The second kappa shape index (κ2) is 5.86. The summed E-state index contributed by atoms with van der Waals surface area (Å²) in [6.07, 6.45) is 1.80. The summed E-state index contributed by atoms with van der Waals surface area (Å²) in [7, 11) is 0. The maximum atomic E-state index is 12.8. The smallest absolute Gasteiger partial charge is 0.198 e. The van der Waals surface area contributed by atoms with E-state index in [1.54, 1.807) is 25.1 Å². The van der Waals surface area contributed by atoms with Crippen molar-refractivity contribution in [3.63, 3.8) is 0 Å². The molecular formula is C20H18O5. The summed E-state index contributed by atoms with van der Waals surface area (Å²) in [5.41, 5.74) is -1.05. The highest BCUT2D eigenvalue weighted by Gasteiger charge is 2.36. The normalized spacial score (nSPS) is 15.3. The minimum atomic E-state index is -1.21. The molecule has 5 heteroatoms. The van der Waals surface area contributed by atoms with Gasteiger partial charge in [0.05, 0.1) is 16.7 Å².